The first-order chi connectivity index (χ1) is 11.7. The van der Waals surface area contributed by atoms with Gasteiger partial charge in [0, 0.05) is 23.9 Å². The highest BCUT2D eigenvalue weighted by atomic mass is 19.1. The molecule has 24 heavy (non-hydrogen) atoms. The number of nitrogens with zero attached hydrogens (tertiary/aromatic N) is 3. The predicted molar refractivity (Wildman–Crippen MR) is 89.5 cm³/mol. The third kappa shape index (κ3) is 3.52. The second-order valence-corrected chi connectivity index (χ2v) is 5.35. The van der Waals surface area contributed by atoms with Crippen LogP contribution in [0.1, 0.15) is 5.69 Å². The van der Waals surface area contributed by atoms with Gasteiger partial charge < -0.3 is 15.2 Å². The molecular formula is C17H19FN4O2. The molecular weight excluding hydrogens is 311 g/mol. The van der Waals surface area contributed by atoms with E-state index in [1.165, 1.54) is 12.1 Å². The van der Waals surface area contributed by atoms with E-state index in [1.807, 2.05) is 13.0 Å². The summed E-state index contributed by atoms with van der Waals surface area (Å²) in [4.78, 5) is 4.56. The number of anilines is 1. The summed E-state index contributed by atoms with van der Waals surface area (Å²) in [5.41, 5.74) is 3.27. The van der Waals surface area contributed by atoms with Gasteiger partial charge in [-0.1, -0.05) is 12.1 Å². The fraction of sp³-hybridized carbons (Fsp3) is 0.294. The minimum Gasteiger partial charge on any atom is -0.394 e. The Morgan fingerprint density at radius 2 is 2.04 bits per heavy atom. The molecule has 0 spiro atoms. The molecule has 3 aromatic rings. The average molecular weight is 330 g/mol. The lowest BCUT2D eigenvalue weighted by atomic mass is 10.1. The van der Waals surface area contributed by atoms with Crippen LogP contribution in [0.5, 0.6) is 0 Å². The lowest BCUT2D eigenvalue weighted by Gasteiger charge is -2.10. The number of hydrogen-bond acceptors (Lipinski definition) is 5. The molecule has 0 aliphatic rings. The van der Waals surface area contributed by atoms with Crippen LogP contribution >= 0.6 is 0 Å². The highest BCUT2D eigenvalue weighted by Gasteiger charge is 2.12. The summed E-state index contributed by atoms with van der Waals surface area (Å²) >= 11 is 0. The van der Waals surface area contributed by atoms with Gasteiger partial charge in [-0.2, -0.15) is 9.61 Å². The minimum absolute atomic E-state index is 0.0127. The van der Waals surface area contributed by atoms with E-state index in [-0.39, 0.29) is 12.4 Å². The van der Waals surface area contributed by atoms with Crippen LogP contribution in [0.2, 0.25) is 0 Å². The molecule has 126 valence electrons. The number of aliphatic hydroxyl groups is 1. The van der Waals surface area contributed by atoms with Gasteiger partial charge in [0.05, 0.1) is 26.0 Å². The van der Waals surface area contributed by atoms with Crippen LogP contribution in [0.3, 0.4) is 0 Å². The first-order valence-corrected chi connectivity index (χ1v) is 7.73. The first-order valence-electron chi connectivity index (χ1n) is 7.73. The lowest BCUT2D eigenvalue weighted by Crippen LogP contribution is -2.14. The number of nitrogens with one attached hydrogen (secondary N) is 1. The second-order valence-electron chi connectivity index (χ2n) is 5.35. The van der Waals surface area contributed by atoms with Crippen molar-refractivity contribution in [2.75, 3.05) is 31.7 Å². The molecule has 0 radical (unpaired) electrons. The predicted octanol–water partition coefficient (Wildman–Crippen LogP) is 2.26. The van der Waals surface area contributed by atoms with E-state index in [1.54, 1.807) is 22.8 Å². The number of hydrogen-bond donors (Lipinski definition) is 2. The highest BCUT2D eigenvalue weighted by molar-refractivity contribution is 5.78. The molecule has 0 saturated carbocycles. The van der Waals surface area contributed by atoms with Crippen LogP contribution < -0.4 is 5.32 Å². The van der Waals surface area contributed by atoms with E-state index >= 15 is 0 Å². The van der Waals surface area contributed by atoms with E-state index in [9.17, 15) is 4.39 Å². The number of benzene rings is 1. The van der Waals surface area contributed by atoms with Gasteiger partial charge in [-0.25, -0.2) is 9.37 Å². The van der Waals surface area contributed by atoms with Crippen molar-refractivity contribution in [1.29, 1.82) is 0 Å². The Morgan fingerprint density at radius 3 is 2.79 bits per heavy atom. The Balaban J connectivity index is 1.88. The van der Waals surface area contributed by atoms with Crippen LogP contribution in [0, 0.1) is 12.7 Å². The van der Waals surface area contributed by atoms with Crippen molar-refractivity contribution < 1.29 is 14.2 Å². The number of aromatic nitrogens is 3. The van der Waals surface area contributed by atoms with Gasteiger partial charge in [0.25, 0.3) is 0 Å². The number of fused-ring (bicyclic) bond motifs is 1. The fourth-order valence-electron chi connectivity index (χ4n) is 2.46. The van der Waals surface area contributed by atoms with Gasteiger partial charge in [-0.15, -0.1) is 0 Å². The third-order valence-corrected chi connectivity index (χ3v) is 3.54. The molecule has 0 atom stereocenters. The highest BCUT2D eigenvalue weighted by Crippen LogP contribution is 2.25. The van der Waals surface area contributed by atoms with Crippen molar-refractivity contribution in [3.63, 3.8) is 0 Å². The molecule has 6 nitrogen and oxygen atoms in total. The summed E-state index contributed by atoms with van der Waals surface area (Å²) in [6.07, 6.45) is 1.72. The lowest BCUT2D eigenvalue weighted by molar-refractivity contribution is 0.0991. The summed E-state index contributed by atoms with van der Waals surface area (Å²) in [5.74, 6) is 0.531. The Labute approximate surface area is 138 Å². The molecule has 0 amide bonds. The van der Waals surface area contributed by atoms with Crippen molar-refractivity contribution in [3.05, 3.63) is 48.0 Å². The quantitative estimate of drug-likeness (QED) is 0.650. The third-order valence-electron chi connectivity index (χ3n) is 3.54. The van der Waals surface area contributed by atoms with Crippen molar-refractivity contribution in [3.8, 4) is 11.1 Å². The van der Waals surface area contributed by atoms with Crippen LogP contribution in [-0.4, -0.2) is 46.1 Å². The van der Waals surface area contributed by atoms with E-state index in [2.05, 4.69) is 15.4 Å². The summed E-state index contributed by atoms with van der Waals surface area (Å²) < 4.78 is 20.1. The fourth-order valence-corrected chi connectivity index (χ4v) is 2.46. The zero-order valence-corrected chi connectivity index (χ0v) is 13.4. The Bertz CT molecular complexity index is 817. The molecule has 0 bridgehead atoms. The monoisotopic (exact) mass is 330 g/mol. The summed E-state index contributed by atoms with van der Waals surface area (Å²) in [6, 6.07) is 8.18. The second kappa shape index (κ2) is 7.37. The van der Waals surface area contributed by atoms with E-state index in [0.717, 1.165) is 22.6 Å². The molecule has 1 aromatic carbocycles. The van der Waals surface area contributed by atoms with Crippen molar-refractivity contribution in [2.24, 2.45) is 0 Å². The van der Waals surface area contributed by atoms with Gasteiger partial charge >= 0.3 is 0 Å². The zero-order valence-electron chi connectivity index (χ0n) is 13.4. The molecule has 2 heterocycles. The molecule has 0 aliphatic heterocycles. The topological polar surface area (TPSA) is 71.7 Å². The number of rotatable bonds is 7. The maximum Gasteiger partial charge on any atom is 0.165 e. The molecule has 7 heteroatoms. The molecule has 2 aromatic heterocycles. The molecule has 0 unspecified atom stereocenters. The molecule has 0 saturated heterocycles. The van der Waals surface area contributed by atoms with Gasteiger partial charge in [-0.05, 0) is 24.6 Å². The molecule has 0 fully saturated rings. The van der Waals surface area contributed by atoms with Crippen molar-refractivity contribution >= 4 is 11.5 Å². The average Bonchev–Trinajstić information content (AvgIpc) is 2.99. The molecule has 2 N–H and O–H groups in total. The number of halogens is 1. The van der Waals surface area contributed by atoms with Gasteiger partial charge in [0.15, 0.2) is 5.65 Å². The number of aryl methyl sites for hydroxylation is 1. The van der Waals surface area contributed by atoms with Gasteiger partial charge in [0.2, 0.25) is 0 Å². The van der Waals surface area contributed by atoms with Crippen molar-refractivity contribution in [1.82, 2.24) is 14.6 Å². The van der Waals surface area contributed by atoms with Crippen LogP contribution in [0.25, 0.3) is 16.8 Å². The van der Waals surface area contributed by atoms with Gasteiger partial charge in [0.1, 0.15) is 11.6 Å². The van der Waals surface area contributed by atoms with E-state index in [4.69, 9.17) is 9.84 Å². The normalized spacial score (nSPS) is 11.1. The summed E-state index contributed by atoms with van der Waals surface area (Å²) in [7, 11) is 0. The Morgan fingerprint density at radius 1 is 1.25 bits per heavy atom. The van der Waals surface area contributed by atoms with Crippen LogP contribution in [0.15, 0.2) is 36.5 Å². The number of ether oxygens (including phenoxy) is 1. The first kappa shape index (κ1) is 16.4. The summed E-state index contributed by atoms with van der Waals surface area (Å²) in [5, 5.41) is 16.3. The Kier molecular flexibility index (Phi) is 5.02. The molecule has 3 rings (SSSR count). The molecule has 0 aliphatic carbocycles. The minimum atomic E-state index is -0.274. The van der Waals surface area contributed by atoms with E-state index in [0.29, 0.717) is 25.4 Å². The van der Waals surface area contributed by atoms with Crippen LogP contribution in [-0.2, 0) is 4.74 Å². The Hall–Kier alpha value is -2.51. The SMILES string of the molecule is Cc1cc(NCCOCCO)n2ncc(-c3ccc(F)cc3)c2n1. The zero-order chi connectivity index (χ0) is 16.9. The van der Waals surface area contributed by atoms with E-state index < -0.39 is 0 Å². The van der Waals surface area contributed by atoms with Gasteiger partial charge in [-0.3, -0.25) is 0 Å². The van der Waals surface area contributed by atoms with Crippen LogP contribution in [0.4, 0.5) is 10.2 Å². The number of aliphatic hydroxyl groups excluding tert-OH is 1. The summed E-state index contributed by atoms with van der Waals surface area (Å²) in [6.45, 7) is 3.32. The maximum absolute atomic E-state index is 13.1. The van der Waals surface area contributed by atoms with Crippen molar-refractivity contribution in [2.45, 2.75) is 6.92 Å². The maximum atomic E-state index is 13.1. The largest absolute Gasteiger partial charge is 0.394 e. The smallest absolute Gasteiger partial charge is 0.165 e. The standard InChI is InChI=1S/C17H19FN4O2/c1-12-10-16(19-6-8-24-9-7-23)22-17(21-12)15(11-20-22)13-2-4-14(18)5-3-13/h2-5,10-11,19,23H,6-9H2,1H3.